The summed E-state index contributed by atoms with van der Waals surface area (Å²) in [6.45, 7) is 9.05. The van der Waals surface area contributed by atoms with E-state index in [0.717, 1.165) is 19.3 Å². The van der Waals surface area contributed by atoms with Crippen LogP contribution in [0.5, 0.6) is 0 Å². The molecule has 0 amide bonds. The van der Waals surface area contributed by atoms with E-state index in [1.165, 1.54) is 6.42 Å². The molecule has 2 atom stereocenters. The maximum atomic E-state index is 6.03. The van der Waals surface area contributed by atoms with E-state index in [4.69, 9.17) is 9.26 Å². The normalized spacial score (nSPS) is 27.7. The van der Waals surface area contributed by atoms with Crippen molar-refractivity contribution < 1.29 is 9.26 Å². The van der Waals surface area contributed by atoms with Crippen LogP contribution in [0.4, 0.5) is 6.01 Å². The molecule has 5 nitrogen and oxygen atoms in total. The summed E-state index contributed by atoms with van der Waals surface area (Å²) >= 11 is 0. The van der Waals surface area contributed by atoms with E-state index in [1.807, 2.05) is 20.8 Å². The van der Waals surface area contributed by atoms with E-state index >= 15 is 0 Å². The quantitative estimate of drug-likeness (QED) is 0.886. The average molecular weight is 267 g/mol. The lowest BCUT2D eigenvalue weighted by Crippen LogP contribution is -2.36. The van der Waals surface area contributed by atoms with Crippen LogP contribution in [0, 0.1) is 5.92 Å². The van der Waals surface area contributed by atoms with E-state index < -0.39 is 0 Å². The Morgan fingerprint density at radius 3 is 2.95 bits per heavy atom. The second kappa shape index (κ2) is 5.90. The highest BCUT2D eigenvalue weighted by atomic mass is 16.5. The van der Waals surface area contributed by atoms with Gasteiger partial charge < -0.3 is 14.6 Å². The molecule has 1 aliphatic rings. The maximum Gasteiger partial charge on any atom is 0.321 e. The van der Waals surface area contributed by atoms with Crippen molar-refractivity contribution in [3.05, 3.63) is 5.82 Å². The number of rotatable bonds is 5. The Bertz CT molecular complexity index is 401. The molecule has 0 aromatic carbocycles. The van der Waals surface area contributed by atoms with Gasteiger partial charge in [0.25, 0.3) is 0 Å². The monoisotopic (exact) mass is 267 g/mol. The molecule has 1 heterocycles. The number of hydrogen-bond acceptors (Lipinski definition) is 5. The van der Waals surface area contributed by atoms with Crippen LogP contribution in [-0.4, -0.2) is 22.8 Å². The van der Waals surface area contributed by atoms with Crippen LogP contribution in [0.1, 0.15) is 59.2 Å². The first kappa shape index (κ1) is 14.3. The van der Waals surface area contributed by atoms with Crippen molar-refractivity contribution in [2.45, 2.75) is 65.0 Å². The van der Waals surface area contributed by atoms with Crippen molar-refractivity contribution in [1.29, 1.82) is 0 Å². The lowest BCUT2D eigenvalue weighted by atomic mass is 9.78. The van der Waals surface area contributed by atoms with Gasteiger partial charge in [-0.1, -0.05) is 18.5 Å². The molecule has 1 aromatic heterocycles. The van der Waals surface area contributed by atoms with Gasteiger partial charge in [0, 0.05) is 12.6 Å². The standard InChI is InChI=1S/C14H25N3O2/c1-5-18-14(8-6-7-11(4)9-14)12-16-13(19-17-12)15-10(2)3/h10-11H,5-9H2,1-4H3,(H,15,16,17). The summed E-state index contributed by atoms with van der Waals surface area (Å²) in [5.41, 5.74) is -0.354. The van der Waals surface area contributed by atoms with Crippen LogP contribution in [-0.2, 0) is 10.3 Å². The zero-order chi connectivity index (χ0) is 13.9. The molecule has 108 valence electrons. The van der Waals surface area contributed by atoms with Gasteiger partial charge in [-0.2, -0.15) is 4.98 Å². The smallest absolute Gasteiger partial charge is 0.321 e. The molecule has 1 saturated carbocycles. The number of nitrogens with zero attached hydrogens (tertiary/aromatic N) is 2. The van der Waals surface area contributed by atoms with E-state index in [2.05, 4.69) is 22.4 Å². The topological polar surface area (TPSA) is 60.2 Å². The Morgan fingerprint density at radius 2 is 2.32 bits per heavy atom. The van der Waals surface area contributed by atoms with Gasteiger partial charge in [0.05, 0.1) is 0 Å². The molecule has 1 N–H and O–H groups in total. The number of aromatic nitrogens is 2. The summed E-state index contributed by atoms with van der Waals surface area (Å²) in [4.78, 5) is 4.49. The summed E-state index contributed by atoms with van der Waals surface area (Å²) in [6.07, 6.45) is 4.36. The van der Waals surface area contributed by atoms with Gasteiger partial charge in [0.1, 0.15) is 5.60 Å². The van der Waals surface area contributed by atoms with Gasteiger partial charge in [-0.15, -0.1) is 0 Å². The number of ether oxygens (including phenoxy) is 1. The van der Waals surface area contributed by atoms with Crippen molar-refractivity contribution in [2.24, 2.45) is 5.92 Å². The molecular weight excluding hydrogens is 242 g/mol. The van der Waals surface area contributed by atoms with Crippen LogP contribution >= 0.6 is 0 Å². The van der Waals surface area contributed by atoms with Crippen LogP contribution < -0.4 is 5.32 Å². The third kappa shape index (κ3) is 3.26. The van der Waals surface area contributed by atoms with Gasteiger partial charge in [0.2, 0.25) is 5.82 Å². The Labute approximate surface area is 115 Å². The van der Waals surface area contributed by atoms with Crippen LogP contribution in [0.3, 0.4) is 0 Å². The first-order valence-corrected chi connectivity index (χ1v) is 7.30. The SMILES string of the molecule is CCOC1(c2noc(NC(C)C)n2)CCCC(C)C1. The molecule has 2 unspecified atom stereocenters. The number of nitrogens with one attached hydrogen (secondary N) is 1. The highest BCUT2D eigenvalue weighted by molar-refractivity contribution is 5.21. The summed E-state index contributed by atoms with van der Waals surface area (Å²) < 4.78 is 11.3. The van der Waals surface area contributed by atoms with E-state index in [9.17, 15) is 0 Å². The van der Waals surface area contributed by atoms with Gasteiger partial charge in [-0.3, -0.25) is 0 Å². The maximum absolute atomic E-state index is 6.03. The lowest BCUT2D eigenvalue weighted by Gasteiger charge is -2.37. The van der Waals surface area contributed by atoms with Gasteiger partial charge >= 0.3 is 6.01 Å². The molecule has 0 spiro atoms. The van der Waals surface area contributed by atoms with E-state index in [0.29, 0.717) is 24.4 Å². The molecule has 5 heteroatoms. The summed E-state index contributed by atoms with van der Waals surface area (Å²) in [6, 6.07) is 0.768. The van der Waals surface area contributed by atoms with Crippen molar-refractivity contribution in [2.75, 3.05) is 11.9 Å². The highest BCUT2D eigenvalue weighted by Gasteiger charge is 2.41. The summed E-state index contributed by atoms with van der Waals surface area (Å²) in [5, 5.41) is 7.28. The predicted octanol–water partition coefficient (Wildman–Crippen LogP) is 3.33. The Hall–Kier alpha value is -1.10. The fourth-order valence-corrected chi connectivity index (χ4v) is 2.89. The minimum atomic E-state index is -0.354. The first-order chi connectivity index (χ1) is 9.05. The van der Waals surface area contributed by atoms with Gasteiger partial charge in [0.15, 0.2) is 0 Å². The first-order valence-electron chi connectivity index (χ1n) is 7.30. The minimum absolute atomic E-state index is 0.279. The van der Waals surface area contributed by atoms with Crippen LogP contribution in [0.15, 0.2) is 4.52 Å². The Balaban J connectivity index is 2.20. The molecule has 1 fully saturated rings. The summed E-state index contributed by atoms with van der Waals surface area (Å²) in [5.74, 6) is 1.34. The molecule has 0 aliphatic heterocycles. The van der Waals surface area contributed by atoms with Crippen molar-refractivity contribution in [3.63, 3.8) is 0 Å². The van der Waals surface area contributed by atoms with Gasteiger partial charge in [-0.25, -0.2) is 0 Å². The third-order valence-corrected chi connectivity index (χ3v) is 3.62. The second-order valence-corrected chi connectivity index (χ2v) is 5.85. The highest BCUT2D eigenvalue weighted by Crippen LogP contribution is 2.41. The fourth-order valence-electron chi connectivity index (χ4n) is 2.89. The third-order valence-electron chi connectivity index (χ3n) is 3.62. The van der Waals surface area contributed by atoms with Crippen molar-refractivity contribution in [1.82, 2.24) is 10.1 Å². The zero-order valence-electron chi connectivity index (χ0n) is 12.4. The Kier molecular flexibility index (Phi) is 4.45. The van der Waals surface area contributed by atoms with Gasteiger partial charge in [-0.05, 0) is 46.0 Å². The minimum Gasteiger partial charge on any atom is -0.367 e. The predicted molar refractivity (Wildman–Crippen MR) is 74.0 cm³/mol. The molecule has 1 aromatic rings. The fraction of sp³-hybridized carbons (Fsp3) is 0.857. The van der Waals surface area contributed by atoms with E-state index in [-0.39, 0.29) is 11.6 Å². The molecule has 0 radical (unpaired) electrons. The molecule has 2 rings (SSSR count). The van der Waals surface area contributed by atoms with Crippen LogP contribution in [0.25, 0.3) is 0 Å². The molecular formula is C14H25N3O2. The van der Waals surface area contributed by atoms with E-state index in [1.54, 1.807) is 0 Å². The van der Waals surface area contributed by atoms with Crippen molar-refractivity contribution >= 4 is 6.01 Å². The molecule has 1 aliphatic carbocycles. The molecule has 0 bridgehead atoms. The van der Waals surface area contributed by atoms with Crippen molar-refractivity contribution in [3.8, 4) is 0 Å². The molecule has 0 saturated heterocycles. The second-order valence-electron chi connectivity index (χ2n) is 5.85. The zero-order valence-corrected chi connectivity index (χ0v) is 12.4. The Morgan fingerprint density at radius 1 is 1.53 bits per heavy atom. The van der Waals surface area contributed by atoms with Crippen LogP contribution in [0.2, 0.25) is 0 Å². The number of anilines is 1. The number of hydrogen-bond donors (Lipinski definition) is 1. The molecule has 19 heavy (non-hydrogen) atoms. The lowest BCUT2D eigenvalue weighted by molar-refractivity contribution is -0.0891. The largest absolute Gasteiger partial charge is 0.367 e. The summed E-state index contributed by atoms with van der Waals surface area (Å²) in [7, 11) is 0. The average Bonchev–Trinajstić information content (AvgIpc) is 2.77.